The second-order valence-corrected chi connectivity index (χ2v) is 6.27. The fourth-order valence-corrected chi connectivity index (χ4v) is 4.08. The number of hydrogen-bond acceptors (Lipinski definition) is 2. The van der Waals surface area contributed by atoms with Gasteiger partial charge in [0.2, 0.25) is 0 Å². The number of para-hydroxylation sites is 1. The van der Waals surface area contributed by atoms with Crippen LogP contribution >= 0.6 is 0 Å². The number of ether oxygens (including phenoxy) is 1. The Morgan fingerprint density at radius 1 is 1.19 bits per heavy atom. The van der Waals surface area contributed by atoms with E-state index in [1.165, 1.54) is 37.5 Å². The molecule has 3 rings (SSSR count). The van der Waals surface area contributed by atoms with Gasteiger partial charge in [0.25, 0.3) is 0 Å². The van der Waals surface area contributed by atoms with Gasteiger partial charge in [-0.15, -0.1) is 0 Å². The van der Waals surface area contributed by atoms with Crippen molar-refractivity contribution in [3.05, 3.63) is 29.8 Å². The number of anilines is 1. The van der Waals surface area contributed by atoms with E-state index >= 15 is 0 Å². The van der Waals surface area contributed by atoms with Crippen LogP contribution in [0.15, 0.2) is 18.2 Å². The van der Waals surface area contributed by atoms with Crippen molar-refractivity contribution in [2.45, 2.75) is 57.6 Å². The second-order valence-electron chi connectivity index (χ2n) is 6.27. The topological polar surface area (TPSA) is 21.3 Å². The van der Waals surface area contributed by atoms with Crippen LogP contribution in [0, 0.1) is 17.0 Å². The molecule has 0 aromatic heterocycles. The molecule has 116 valence electrons. The highest BCUT2D eigenvalue weighted by Crippen LogP contribution is 2.54. The first-order valence-electron chi connectivity index (χ1n) is 7.99. The van der Waals surface area contributed by atoms with E-state index in [0.717, 1.165) is 19.3 Å². The predicted octanol–water partition coefficient (Wildman–Crippen LogP) is 4.50. The van der Waals surface area contributed by atoms with Gasteiger partial charge in [-0.25, -0.2) is 8.78 Å². The van der Waals surface area contributed by atoms with Crippen LogP contribution < -0.4 is 5.32 Å². The molecule has 1 spiro atoms. The number of benzene rings is 1. The number of rotatable bonds is 4. The minimum atomic E-state index is -0.513. The average Bonchev–Trinajstić information content (AvgIpc) is 2.50. The van der Waals surface area contributed by atoms with Crippen molar-refractivity contribution in [1.29, 1.82) is 0 Å². The summed E-state index contributed by atoms with van der Waals surface area (Å²) in [5.41, 5.74) is 0.0746. The molecule has 0 saturated heterocycles. The molecule has 2 nitrogen and oxygen atoms in total. The molecule has 21 heavy (non-hydrogen) atoms. The fraction of sp³-hybridized carbons (Fsp3) is 0.647. The SMILES string of the molecule is CCOC1CC(Nc2c(F)cccc2F)C12CCCCC2. The predicted molar refractivity (Wildman–Crippen MR) is 79.3 cm³/mol. The van der Waals surface area contributed by atoms with Crippen LogP contribution in [0.5, 0.6) is 0 Å². The molecule has 2 aliphatic rings. The van der Waals surface area contributed by atoms with Gasteiger partial charge in [0.15, 0.2) is 0 Å². The first-order valence-corrected chi connectivity index (χ1v) is 7.99. The van der Waals surface area contributed by atoms with Crippen LogP contribution in [0.3, 0.4) is 0 Å². The van der Waals surface area contributed by atoms with Gasteiger partial charge < -0.3 is 10.1 Å². The van der Waals surface area contributed by atoms with Crippen molar-refractivity contribution >= 4 is 5.69 Å². The molecule has 0 bridgehead atoms. The smallest absolute Gasteiger partial charge is 0.149 e. The molecule has 0 aliphatic heterocycles. The zero-order valence-corrected chi connectivity index (χ0v) is 12.5. The van der Waals surface area contributed by atoms with Crippen molar-refractivity contribution in [2.75, 3.05) is 11.9 Å². The van der Waals surface area contributed by atoms with E-state index in [9.17, 15) is 8.78 Å². The third-order valence-corrected chi connectivity index (χ3v) is 5.22. The van der Waals surface area contributed by atoms with Gasteiger partial charge in [0, 0.05) is 18.1 Å². The van der Waals surface area contributed by atoms with Crippen LogP contribution in [0.4, 0.5) is 14.5 Å². The van der Waals surface area contributed by atoms with Crippen LogP contribution in [-0.4, -0.2) is 18.8 Å². The molecule has 0 amide bonds. The Balaban J connectivity index is 1.79. The zero-order valence-electron chi connectivity index (χ0n) is 12.5. The molecule has 0 radical (unpaired) electrons. The molecule has 2 fully saturated rings. The average molecular weight is 295 g/mol. The van der Waals surface area contributed by atoms with E-state index in [0.29, 0.717) is 6.61 Å². The maximum absolute atomic E-state index is 13.8. The Morgan fingerprint density at radius 2 is 1.86 bits per heavy atom. The lowest BCUT2D eigenvalue weighted by Crippen LogP contribution is -2.62. The quantitative estimate of drug-likeness (QED) is 0.882. The highest BCUT2D eigenvalue weighted by atomic mass is 19.1. The molecule has 0 heterocycles. The van der Waals surface area contributed by atoms with Crippen molar-refractivity contribution in [3.63, 3.8) is 0 Å². The lowest BCUT2D eigenvalue weighted by Gasteiger charge is -2.58. The van der Waals surface area contributed by atoms with Crippen molar-refractivity contribution < 1.29 is 13.5 Å². The maximum Gasteiger partial charge on any atom is 0.149 e. The van der Waals surface area contributed by atoms with Gasteiger partial charge in [-0.2, -0.15) is 0 Å². The molecular weight excluding hydrogens is 272 g/mol. The minimum absolute atomic E-state index is 0.0161. The Kier molecular flexibility index (Phi) is 4.16. The molecule has 2 saturated carbocycles. The van der Waals surface area contributed by atoms with Gasteiger partial charge in [-0.05, 0) is 38.3 Å². The summed E-state index contributed by atoms with van der Waals surface area (Å²) in [5, 5.41) is 3.13. The molecule has 2 atom stereocenters. The summed E-state index contributed by atoms with van der Waals surface area (Å²) in [6.07, 6.45) is 6.86. The van der Waals surface area contributed by atoms with E-state index in [1.54, 1.807) is 0 Å². The number of hydrogen-bond donors (Lipinski definition) is 1. The highest BCUT2D eigenvalue weighted by molar-refractivity contribution is 5.48. The summed E-state index contributed by atoms with van der Waals surface area (Å²) in [6, 6.07) is 4.12. The highest BCUT2D eigenvalue weighted by Gasteiger charge is 2.55. The lowest BCUT2D eigenvalue weighted by atomic mass is 9.55. The van der Waals surface area contributed by atoms with Crippen LogP contribution in [-0.2, 0) is 4.74 Å². The first-order chi connectivity index (χ1) is 10.2. The standard InChI is InChI=1S/C17H23F2NO/c1-2-21-15-11-14(17(15)9-4-3-5-10-17)20-16-12(18)7-6-8-13(16)19/h6-8,14-15,20H,2-5,9-11H2,1H3. The molecule has 1 aromatic carbocycles. The molecule has 1 aromatic rings. The lowest BCUT2D eigenvalue weighted by molar-refractivity contribution is -0.134. The van der Waals surface area contributed by atoms with Gasteiger partial charge in [-0.3, -0.25) is 0 Å². The van der Waals surface area contributed by atoms with Crippen LogP contribution in [0.1, 0.15) is 45.4 Å². The van der Waals surface area contributed by atoms with Crippen molar-refractivity contribution in [2.24, 2.45) is 5.41 Å². The van der Waals surface area contributed by atoms with Crippen LogP contribution in [0.2, 0.25) is 0 Å². The fourth-order valence-electron chi connectivity index (χ4n) is 4.08. The summed E-state index contributed by atoms with van der Waals surface area (Å²) in [5.74, 6) is -1.03. The summed E-state index contributed by atoms with van der Waals surface area (Å²) in [4.78, 5) is 0. The van der Waals surface area contributed by atoms with E-state index in [1.807, 2.05) is 6.92 Å². The number of halogens is 2. The summed E-state index contributed by atoms with van der Waals surface area (Å²) >= 11 is 0. The van der Waals surface area contributed by atoms with Crippen molar-refractivity contribution in [1.82, 2.24) is 0 Å². The summed E-state index contributed by atoms with van der Waals surface area (Å²) < 4.78 is 33.5. The molecule has 4 heteroatoms. The summed E-state index contributed by atoms with van der Waals surface area (Å²) in [7, 11) is 0. The minimum Gasteiger partial charge on any atom is -0.378 e. The summed E-state index contributed by atoms with van der Waals surface area (Å²) in [6.45, 7) is 2.71. The van der Waals surface area contributed by atoms with E-state index in [2.05, 4.69) is 5.32 Å². The van der Waals surface area contributed by atoms with E-state index in [-0.39, 0.29) is 23.2 Å². The van der Waals surface area contributed by atoms with E-state index in [4.69, 9.17) is 4.74 Å². The van der Waals surface area contributed by atoms with Gasteiger partial charge in [0.05, 0.1) is 6.10 Å². The normalized spacial score (nSPS) is 27.4. The number of nitrogens with one attached hydrogen (secondary N) is 1. The molecule has 1 N–H and O–H groups in total. The van der Waals surface area contributed by atoms with Gasteiger partial charge in [-0.1, -0.05) is 25.3 Å². The monoisotopic (exact) mass is 295 g/mol. The second kappa shape index (κ2) is 5.91. The zero-order chi connectivity index (χ0) is 14.9. The third kappa shape index (κ3) is 2.54. The van der Waals surface area contributed by atoms with E-state index < -0.39 is 11.6 Å². The molecular formula is C17H23F2NO. The van der Waals surface area contributed by atoms with Crippen LogP contribution in [0.25, 0.3) is 0 Å². The Hall–Kier alpha value is -1.16. The van der Waals surface area contributed by atoms with Gasteiger partial charge in [0.1, 0.15) is 17.3 Å². The van der Waals surface area contributed by atoms with Crippen molar-refractivity contribution in [3.8, 4) is 0 Å². The Labute approximate surface area is 124 Å². The maximum atomic E-state index is 13.8. The Bertz CT molecular complexity index is 479. The largest absolute Gasteiger partial charge is 0.378 e. The van der Waals surface area contributed by atoms with Gasteiger partial charge >= 0.3 is 0 Å². The Morgan fingerprint density at radius 3 is 2.48 bits per heavy atom. The third-order valence-electron chi connectivity index (χ3n) is 5.22. The first kappa shape index (κ1) is 14.8. The molecule has 2 aliphatic carbocycles. The molecule has 2 unspecified atom stereocenters.